The third kappa shape index (κ3) is 6.18. The molecular weight excluding hydrogens is 453 g/mol. The topological polar surface area (TPSA) is 97.7 Å². The van der Waals surface area contributed by atoms with Crippen molar-refractivity contribution >= 4 is 12.0 Å². The number of halogens is 1. The third-order valence-electron chi connectivity index (χ3n) is 6.44. The van der Waals surface area contributed by atoms with Gasteiger partial charge in [-0.15, -0.1) is 0 Å². The summed E-state index contributed by atoms with van der Waals surface area (Å²) in [5, 5.41) is 6.00. The van der Waals surface area contributed by atoms with Gasteiger partial charge in [0.05, 0.1) is 25.5 Å². The summed E-state index contributed by atoms with van der Waals surface area (Å²) in [6.07, 6.45) is 3.56. The fourth-order valence-electron chi connectivity index (χ4n) is 4.34. The average Bonchev–Trinajstić information content (AvgIpc) is 3.60. The van der Waals surface area contributed by atoms with Gasteiger partial charge >= 0.3 is 6.09 Å². The molecule has 2 aliphatic rings. The van der Waals surface area contributed by atoms with Crippen molar-refractivity contribution in [1.29, 1.82) is 0 Å². The number of amides is 2. The maximum absolute atomic E-state index is 13.5. The molecule has 10 heteroatoms. The molecule has 1 aliphatic heterocycles. The summed E-state index contributed by atoms with van der Waals surface area (Å²) in [6.45, 7) is 6.06. The number of carbonyl (C=O) groups excluding carboxylic acids is 2. The number of rotatable bonds is 9. The number of aromatic nitrogens is 2. The number of nitrogens with one attached hydrogen (secondary N) is 2. The zero-order chi connectivity index (χ0) is 24.9. The van der Waals surface area contributed by atoms with Crippen LogP contribution in [0.1, 0.15) is 44.8 Å². The normalized spacial score (nSPS) is 20.8. The lowest BCUT2D eigenvalue weighted by Crippen LogP contribution is -2.53. The van der Waals surface area contributed by atoms with Gasteiger partial charge in [0.25, 0.3) is 5.91 Å². The van der Waals surface area contributed by atoms with Crippen molar-refractivity contribution in [2.75, 3.05) is 26.8 Å². The molecule has 1 aromatic heterocycles. The van der Waals surface area contributed by atoms with Crippen LogP contribution in [0.15, 0.2) is 30.5 Å². The molecule has 1 saturated carbocycles. The number of aryl methyl sites for hydroxylation is 1. The predicted octanol–water partition coefficient (Wildman–Crippen LogP) is 2.86. The molecule has 1 aliphatic carbocycles. The molecule has 0 radical (unpaired) electrons. The number of ether oxygens (including phenoxy) is 2. The first kappa shape index (κ1) is 25.1. The highest BCUT2D eigenvalue weighted by atomic mass is 19.1. The lowest BCUT2D eigenvalue weighted by atomic mass is 10.1. The molecule has 2 N–H and O–H groups in total. The van der Waals surface area contributed by atoms with E-state index in [1.807, 2.05) is 29.5 Å². The Hall–Kier alpha value is -2.98. The highest BCUT2D eigenvalue weighted by Crippen LogP contribution is 2.36. The van der Waals surface area contributed by atoms with Crippen LogP contribution >= 0.6 is 0 Å². The second kappa shape index (κ2) is 11.2. The summed E-state index contributed by atoms with van der Waals surface area (Å²) in [6, 6.07) is 6.38. The van der Waals surface area contributed by atoms with Gasteiger partial charge in [0.15, 0.2) is 0 Å². The Kier molecular flexibility index (Phi) is 8.02. The zero-order valence-corrected chi connectivity index (χ0v) is 20.5. The van der Waals surface area contributed by atoms with Crippen LogP contribution in [0.4, 0.5) is 9.18 Å². The maximum atomic E-state index is 13.5. The number of benzene rings is 1. The second-order valence-electron chi connectivity index (χ2n) is 9.25. The number of hydrogen-bond donors (Lipinski definition) is 2. The maximum Gasteiger partial charge on any atom is 0.406 e. The fraction of sp³-hybridized carbons (Fsp3) is 0.560. The Balaban J connectivity index is 1.55. The Morgan fingerprint density at radius 1 is 1.34 bits per heavy atom. The van der Waals surface area contributed by atoms with E-state index in [0.29, 0.717) is 38.5 Å². The van der Waals surface area contributed by atoms with Crippen molar-refractivity contribution in [3.8, 4) is 11.4 Å². The van der Waals surface area contributed by atoms with Crippen molar-refractivity contribution in [1.82, 2.24) is 25.1 Å². The van der Waals surface area contributed by atoms with Crippen LogP contribution in [-0.2, 0) is 20.8 Å². The van der Waals surface area contributed by atoms with Crippen LogP contribution in [0.5, 0.6) is 0 Å². The number of nitrogens with zero attached hydrogens (tertiary/aromatic N) is 3. The van der Waals surface area contributed by atoms with Crippen molar-refractivity contribution in [3.63, 3.8) is 0 Å². The van der Waals surface area contributed by atoms with Gasteiger partial charge < -0.3 is 29.6 Å². The van der Waals surface area contributed by atoms with E-state index in [0.717, 1.165) is 24.1 Å². The molecule has 0 spiro atoms. The molecule has 2 heterocycles. The zero-order valence-electron chi connectivity index (χ0n) is 20.5. The van der Waals surface area contributed by atoms with E-state index >= 15 is 0 Å². The second-order valence-corrected chi connectivity index (χ2v) is 9.25. The number of alkyl carbamates (subject to hydrolysis) is 1. The largest absolute Gasteiger partial charge is 0.453 e. The first-order valence-electron chi connectivity index (χ1n) is 12.2. The van der Waals surface area contributed by atoms with Crippen molar-refractivity contribution in [2.24, 2.45) is 0 Å². The van der Waals surface area contributed by atoms with Crippen LogP contribution < -0.4 is 10.6 Å². The molecule has 35 heavy (non-hydrogen) atoms. The Morgan fingerprint density at radius 2 is 2.09 bits per heavy atom. The molecule has 4 rings (SSSR count). The molecule has 0 unspecified atom stereocenters. The third-order valence-corrected chi connectivity index (χ3v) is 6.44. The van der Waals surface area contributed by atoms with E-state index in [-0.39, 0.29) is 29.8 Å². The van der Waals surface area contributed by atoms with E-state index in [1.165, 1.54) is 19.2 Å². The first-order valence-corrected chi connectivity index (χ1v) is 12.2. The van der Waals surface area contributed by atoms with Crippen LogP contribution in [0.25, 0.3) is 11.4 Å². The SMILES string of the molecule is COC(=O)NCCCn1cc([C@@H](C)N(C(=O)[C@H]2CN[C@@H](C)CO2)C2CC2)nc1-c1ccc(F)cc1. The van der Waals surface area contributed by atoms with E-state index < -0.39 is 12.2 Å². The van der Waals surface area contributed by atoms with Gasteiger partial charge in [-0.3, -0.25) is 4.79 Å². The summed E-state index contributed by atoms with van der Waals surface area (Å²) in [7, 11) is 1.33. The molecule has 2 aromatic rings. The molecule has 0 bridgehead atoms. The lowest BCUT2D eigenvalue weighted by Gasteiger charge is -2.35. The molecular formula is C25H34FN5O4. The van der Waals surface area contributed by atoms with Gasteiger partial charge in [0, 0.05) is 43.5 Å². The Bertz CT molecular complexity index is 1020. The van der Waals surface area contributed by atoms with Crippen LogP contribution in [-0.4, -0.2) is 71.4 Å². The van der Waals surface area contributed by atoms with Gasteiger partial charge in [-0.05, 0) is 57.4 Å². The van der Waals surface area contributed by atoms with Gasteiger partial charge in [-0.2, -0.15) is 0 Å². The minimum absolute atomic E-state index is 0.0143. The van der Waals surface area contributed by atoms with Crippen LogP contribution in [0.2, 0.25) is 0 Å². The van der Waals surface area contributed by atoms with Crippen molar-refractivity contribution in [3.05, 3.63) is 42.0 Å². The molecule has 9 nitrogen and oxygen atoms in total. The van der Waals surface area contributed by atoms with Crippen molar-refractivity contribution < 1.29 is 23.5 Å². The molecule has 1 saturated heterocycles. The number of morpholine rings is 1. The molecule has 190 valence electrons. The van der Waals surface area contributed by atoms with Gasteiger partial charge in [0.2, 0.25) is 0 Å². The number of carbonyl (C=O) groups is 2. The summed E-state index contributed by atoms with van der Waals surface area (Å²) in [5.74, 6) is 0.362. The van der Waals surface area contributed by atoms with E-state index in [4.69, 9.17) is 9.72 Å². The smallest absolute Gasteiger partial charge is 0.406 e. The van der Waals surface area contributed by atoms with Crippen molar-refractivity contribution in [2.45, 2.75) is 63.9 Å². The van der Waals surface area contributed by atoms with Crippen LogP contribution in [0, 0.1) is 5.82 Å². The molecule has 3 atom stereocenters. The summed E-state index contributed by atoms with van der Waals surface area (Å²) in [5.41, 5.74) is 1.55. The standard InChI is InChI=1S/C25H34FN5O4/c1-16-15-35-22(13-28-16)24(32)31(20-9-10-20)17(2)21-14-30(12-4-11-27-25(33)34-3)23(29-21)18-5-7-19(26)8-6-18/h5-8,14,16-17,20,22,28H,4,9-13,15H2,1-3H3,(H,27,33)/t16-,17+,22+/m0/s1. The summed E-state index contributed by atoms with van der Waals surface area (Å²) >= 11 is 0. The minimum Gasteiger partial charge on any atom is -0.453 e. The van der Waals surface area contributed by atoms with Gasteiger partial charge in [0.1, 0.15) is 17.7 Å². The Morgan fingerprint density at radius 3 is 2.71 bits per heavy atom. The monoisotopic (exact) mass is 487 g/mol. The summed E-state index contributed by atoms with van der Waals surface area (Å²) in [4.78, 5) is 31.6. The molecule has 1 aromatic carbocycles. The average molecular weight is 488 g/mol. The van der Waals surface area contributed by atoms with Crippen LogP contribution in [0.3, 0.4) is 0 Å². The molecule has 2 amide bonds. The number of methoxy groups -OCH3 is 1. The predicted molar refractivity (Wildman–Crippen MR) is 128 cm³/mol. The number of imidazole rings is 1. The van der Waals surface area contributed by atoms with E-state index in [9.17, 15) is 14.0 Å². The summed E-state index contributed by atoms with van der Waals surface area (Å²) < 4.78 is 26.0. The fourth-order valence-corrected chi connectivity index (χ4v) is 4.34. The Labute approximate surface area is 205 Å². The van der Waals surface area contributed by atoms with E-state index in [1.54, 1.807) is 12.1 Å². The van der Waals surface area contributed by atoms with Gasteiger partial charge in [-0.1, -0.05) is 0 Å². The lowest BCUT2D eigenvalue weighted by molar-refractivity contribution is -0.149. The highest BCUT2D eigenvalue weighted by Gasteiger charge is 2.41. The highest BCUT2D eigenvalue weighted by molar-refractivity contribution is 5.82. The first-order chi connectivity index (χ1) is 16.9. The molecule has 2 fully saturated rings. The quantitative estimate of drug-likeness (QED) is 0.528. The van der Waals surface area contributed by atoms with Gasteiger partial charge in [-0.25, -0.2) is 14.2 Å². The number of hydrogen-bond acceptors (Lipinski definition) is 6. The van der Waals surface area contributed by atoms with E-state index in [2.05, 4.69) is 15.4 Å². The minimum atomic E-state index is -0.502.